The number of benzene rings is 1. The Labute approximate surface area is 110 Å². The van der Waals surface area contributed by atoms with E-state index in [9.17, 15) is 0 Å². The highest BCUT2D eigenvalue weighted by atomic mass is 15.2. The van der Waals surface area contributed by atoms with Gasteiger partial charge in [-0.2, -0.15) is 0 Å². The summed E-state index contributed by atoms with van der Waals surface area (Å²) in [5.74, 6) is 0. The van der Waals surface area contributed by atoms with Crippen LogP contribution in [0.25, 0.3) is 0 Å². The van der Waals surface area contributed by atoms with Crippen LogP contribution >= 0.6 is 0 Å². The molecule has 0 spiro atoms. The average molecular weight is 245 g/mol. The summed E-state index contributed by atoms with van der Waals surface area (Å²) >= 11 is 0. The molecule has 1 N–H and O–H groups in total. The number of hydrogen-bond donors (Lipinski definition) is 1. The number of hydrogen-bond acceptors (Lipinski definition) is 3. The normalized spacial score (nSPS) is 20.5. The van der Waals surface area contributed by atoms with Crippen molar-refractivity contribution in [1.82, 2.24) is 5.32 Å². The van der Waals surface area contributed by atoms with Crippen molar-refractivity contribution in [3.8, 4) is 0 Å². The topological polar surface area (TPSA) is 18.5 Å². The quantitative estimate of drug-likeness (QED) is 0.815. The molecule has 2 aliphatic heterocycles. The fourth-order valence-corrected chi connectivity index (χ4v) is 3.15. The smallest absolute Gasteiger partial charge is 0.0420 e. The molecule has 1 fully saturated rings. The van der Waals surface area contributed by atoms with Crippen LogP contribution in [0.2, 0.25) is 0 Å². The highest BCUT2D eigenvalue weighted by Gasteiger charge is 2.19. The zero-order valence-electron chi connectivity index (χ0n) is 11.3. The summed E-state index contributed by atoms with van der Waals surface area (Å²) in [7, 11) is 2.23. The van der Waals surface area contributed by atoms with E-state index in [1.54, 1.807) is 5.56 Å². The Balaban J connectivity index is 1.96. The Kier molecular flexibility index (Phi) is 3.41. The molecule has 0 amide bonds. The van der Waals surface area contributed by atoms with E-state index in [4.69, 9.17) is 0 Å². The van der Waals surface area contributed by atoms with Crippen molar-refractivity contribution >= 4 is 11.4 Å². The molecule has 3 heteroatoms. The molecule has 0 bridgehead atoms. The fraction of sp³-hybridized carbons (Fsp3) is 0.600. The lowest BCUT2D eigenvalue weighted by Crippen LogP contribution is -2.44. The first-order valence-corrected chi connectivity index (χ1v) is 7.15. The lowest BCUT2D eigenvalue weighted by atomic mass is 10.0. The Morgan fingerprint density at radius 3 is 2.61 bits per heavy atom. The highest BCUT2D eigenvalue weighted by Crippen LogP contribution is 2.33. The summed E-state index contributed by atoms with van der Waals surface area (Å²) in [4.78, 5) is 4.97. The maximum Gasteiger partial charge on any atom is 0.0420 e. The Hall–Kier alpha value is -1.22. The van der Waals surface area contributed by atoms with Gasteiger partial charge in [0.15, 0.2) is 0 Å². The molecular weight excluding hydrogens is 222 g/mol. The fourth-order valence-electron chi connectivity index (χ4n) is 3.15. The number of rotatable bonds is 1. The molecule has 0 aromatic heterocycles. The van der Waals surface area contributed by atoms with Gasteiger partial charge in [-0.3, -0.25) is 0 Å². The lowest BCUT2D eigenvalue weighted by Gasteiger charge is -2.32. The van der Waals surface area contributed by atoms with Gasteiger partial charge in [0.1, 0.15) is 0 Å². The second-order valence-corrected chi connectivity index (χ2v) is 5.39. The summed E-state index contributed by atoms with van der Waals surface area (Å²) < 4.78 is 0. The van der Waals surface area contributed by atoms with Gasteiger partial charge in [0, 0.05) is 51.1 Å². The molecular formula is C15H23N3. The van der Waals surface area contributed by atoms with Crippen molar-refractivity contribution in [1.29, 1.82) is 0 Å². The van der Waals surface area contributed by atoms with Crippen LogP contribution in [0.15, 0.2) is 18.2 Å². The standard InChI is InChI=1S/C15H23N3/c1-17-10-3-2-5-13-14(17)6-4-7-15(13)18-11-8-16-9-12-18/h4,6-7,16H,2-3,5,8-12H2,1H3. The first kappa shape index (κ1) is 11.8. The second-order valence-electron chi connectivity index (χ2n) is 5.39. The van der Waals surface area contributed by atoms with Crippen molar-refractivity contribution < 1.29 is 0 Å². The third kappa shape index (κ3) is 2.19. The molecule has 1 saturated heterocycles. The molecule has 98 valence electrons. The van der Waals surface area contributed by atoms with Gasteiger partial charge >= 0.3 is 0 Å². The van der Waals surface area contributed by atoms with Gasteiger partial charge in [0.25, 0.3) is 0 Å². The summed E-state index contributed by atoms with van der Waals surface area (Å²) in [5.41, 5.74) is 4.49. The van der Waals surface area contributed by atoms with E-state index in [-0.39, 0.29) is 0 Å². The van der Waals surface area contributed by atoms with Crippen LogP contribution in [0.5, 0.6) is 0 Å². The lowest BCUT2D eigenvalue weighted by molar-refractivity contribution is 0.587. The minimum atomic E-state index is 1.11. The van der Waals surface area contributed by atoms with Gasteiger partial charge in [0.05, 0.1) is 0 Å². The maximum atomic E-state index is 3.43. The van der Waals surface area contributed by atoms with Gasteiger partial charge in [0.2, 0.25) is 0 Å². The largest absolute Gasteiger partial charge is 0.374 e. The van der Waals surface area contributed by atoms with E-state index in [1.807, 2.05) is 0 Å². The van der Waals surface area contributed by atoms with Gasteiger partial charge in [-0.1, -0.05) is 6.07 Å². The number of anilines is 2. The average Bonchev–Trinajstić information content (AvgIpc) is 2.62. The van der Waals surface area contributed by atoms with Gasteiger partial charge in [-0.05, 0) is 37.0 Å². The molecule has 18 heavy (non-hydrogen) atoms. The monoisotopic (exact) mass is 245 g/mol. The number of piperazine rings is 1. The zero-order chi connectivity index (χ0) is 12.4. The molecule has 1 aromatic carbocycles. The van der Waals surface area contributed by atoms with E-state index in [0.717, 1.165) is 26.2 Å². The minimum absolute atomic E-state index is 1.11. The molecule has 0 unspecified atom stereocenters. The molecule has 3 nitrogen and oxygen atoms in total. The SMILES string of the molecule is CN1CCCCc2c1cccc2N1CCNCC1. The van der Waals surface area contributed by atoms with Crippen LogP contribution in [-0.2, 0) is 6.42 Å². The van der Waals surface area contributed by atoms with Crippen LogP contribution in [0.3, 0.4) is 0 Å². The first-order chi connectivity index (χ1) is 8.86. The van der Waals surface area contributed by atoms with Crippen LogP contribution in [-0.4, -0.2) is 39.8 Å². The predicted molar refractivity (Wildman–Crippen MR) is 77.7 cm³/mol. The molecule has 1 aromatic rings. The Morgan fingerprint density at radius 1 is 1.00 bits per heavy atom. The molecule has 0 aliphatic carbocycles. The van der Waals surface area contributed by atoms with Gasteiger partial charge in [-0.15, -0.1) is 0 Å². The molecule has 0 saturated carbocycles. The van der Waals surface area contributed by atoms with E-state index >= 15 is 0 Å². The predicted octanol–water partition coefficient (Wildman–Crippen LogP) is 1.87. The summed E-state index contributed by atoms with van der Waals surface area (Å²) in [6, 6.07) is 6.81. The molecule has 2 heterocycles. The van der Waals surface area contributed by atoms with Crippen molar-refractivity contribution in [3.05, 3.63) is 23.8 Å². The number of nitrogens with zero attached hydrogens (tertiary/aromatic N) is 2. The van der Waals surface area contributed by atoms with E-state index in [1.165, 1.54) is 37.2 Å². The van der Waals surface area contributed by atoms with Crippen LogP contribution in [0.1, 0.15) is 18.4 Å². The van der Waals surface area contributed by atoms with Gasteiger partial charge in [-0.25, -0.2) is 0 Å². The number of fused-ring (bicyclic) bond motifs is 1. The van der Waals surface area contributed by atoms with E-state index < -0.39 is 0 Å². The van der Waals surface area contributed by atoms with Crippen LogP contribution < -0.4 is 15.1 Å². The third-order valence-corrected chi connectivity index (χ3v) is 4.17. The highest BCUT2D eigenvalue weighted by molar-refractivity contribution is 5.68. The second kappa shape index (κ2) is 5.19. The van der Waals surface area contributed by atoms with Crippen LogP contribution in [0, 0.1) is 0 Å². The molecule has 0 atom stereocenters. The number of nitrogens with one attached hydrogen (secondary N) is 1. The maximum absolute atomic E-state index is 3.43. The van der Waals surface area contributed by atoms with E-state index in [2.05, 4.69) is 40.4 Å². The van der Waals surface area contributed by atoms with Crippen molar-refractivity contribution in [3.63, 3.8) is 0 Å². The molecule has 0 radical (unpaired) electrons. The molecule has 3 rings (SSSR count). The minimum Gasteiger partial charge on any atom is -0.374 e. The van der Waals surface area contributed by atoms with Crippen molar-refractivity contribution in [2.24, 2.45) is 0 Å². The summed E-state index contributed by atoms with van der Waals surface area (Å²) in [6.45, 7) is 5.69. The Morgan fingerprint density at radius 2 is 1.78 bits per heavy atom. The van der Waals surface area contributed by atoms with E-state index in [0.29, 0.717) is 0 Å². The van der Waals surface area contributed by atoms with Crippen molar-refractivity contribution in [2.45, 2.75) is 19.3 Å². The molecule has 2 aliphatic rings. The summed E-state index contributed by atoms with van der Waals surface area (Å²) in [5, 5.41) is 3.43. The third-order valence-electron chi connectivity index (χ3n) is 4.17. The zero-order valence-corrected chi connectivity index (χ0v) is 11.3. The first-order valence-electron chi connectivity index (χ1n) is 7.15. The Bertz CT molecular complexity index is 410. The van der Waals surface area contributed by atoms with Crippen LogP contribution in [0.4, 0.5) is 11.4 Å². The van der Waals surface area contributed by atoms with Crippen molar-refractivity contribution in [2.75, 3.05) is 49.6 Å². The van der Waals surface area contributed by atoms with Gasteiger partial charge < -0.3 is 15.1 Å². The summed E-state index contributed by atoms with van der Waals surface area (Å²) in [6.07, 6.45) is 3.87.